The molecule has 0 amide bonds. The number of phosphoric acid groups is 1. The van der Waals surface area contributed by atoms with Gasteiger partial charge in [0.1, 0.15) is 0 Å². The van der Waals surface area contributed by atoms with Crippen molar-refractivity contribution in [2.24, 2.45) is 0 Å². The van der Waals surface area contributed by atoms with Crippen molar-refractivity contribution in [3.8, 4) is 23.0 Å². The summed E-state index contributed by atoms with van der Waals surface area (Å²) in [6, 6.07) is 8.87. The van der Waals surface area contributed by atoms with Gasteiger partial charge in [-0.05, 0) is 41.8 Å². The molecule has 0 heterocycles. The molecule has 0 aliphatic rings. The summed E-state index contributed by atoms with van der Waals surface area (Å²) >= 11 is 0. The smallest absolute Gasteiger partial charge is 0.493 e. The largest absolute Gasteiger partial charge is 0.524 e. The molecule has 0 saturated carbocycles. The normalized spacial score (nSPS) is 12.4. The summed E-state index contributed by atoms with van der Waals surface area (Å²) in [5.41, 5.74) is 2.70. The van der Waals surface area contributed by atoms with Crippen molar-refractivity contribution in [2.45, 2.75) is 19.8 Å². The zero-order valence-corrected chi connectivity index (χ0v) is 16.2. The molecule has 7 nitrogen and oxygen atoms in total. The van der Waals surface area contributed by atoms with Crippen LogP contribution in [0.4, 0.5) is 0 Å². The molecule has 0 saturated heterocycles. The van der Waals surface area contributed by atoms with E-state index in [4.69, 9.17) is 28.5 Å². The molecular formula is C18H23O7P. The summed E-state index contributed by atoms with van der Waals surface area (Å²) in [5.74, 6) is 1.44. The number of rotatable bonds is 7. The summed E-state index contributed by atoms with van der Waals surface area (Å²) in [5, 5.41) is 0. The van der Waals surface area contributed by atoms with Gasteiger partial charge in [-0.1, -0.05) is 19.1 Å². The predicted octanol–water partition coefficient (Wildman–Crippen LogP) is 3.64. The van der Waals surface area contributed by atoms with Crippen molar-refractivity contribution in [3.05, 3.63) is 47.0 Å². The van der Waals surface area contributed by atoms with Gasteiger partial charge in [0.05, 0.1) is 21.3 Å². The number of phosphoric ester groups is 1. The maximum atomic E-state index is 11.2. The van der Waals surface area contributed by atoms with E-state index in [0.717, 1.165) is 16.7 Å². The minimum atomic E-state index is -4.70. The van der Waals surface area contributed by atoms with Crippen molar-refractivity contribution in [1.29, 1.82) is 0 Å². The lowest BCUT2D eigenvalue weighted by atomic mass is 9.91. The lowest BCUT2D eigenvalue weighted by Gasteiger charge is -2.19. The van der Waals surface area contributed by atoms with Crippen molar-refractivity contribution in [1.82, 2.24) is 0 Å². The summed E-state index contributed by atoms with van der Waals surface area (Å²) < 4.78 is 31.8. The van der Waals surface area contributed by atoms with E-state index in [-0.39, 0.29) is 17.4 Å². The lowest BCUT2D eigenvalue weighted by Crippen LogP contribution is -2.02. The Morgan fingerprint density at radius 3 is 2.04 bits per heavy atom. The standard InChI is InChI=1S/C18H23O7P/c1-11-8-14(10-17(23-4)18(11)24-5)12(2)13-6-7-15(22-3)16(9-13)25-26(19,20)21/h6-10,12H,1-5H3,(H2,19,20,21). The van der Waals surface area contributed by atoms with Crippen LogP contribution in [0.5, 0.6) is 23.0 Å². The first-order valence-electron chi connectivity index (χ1n) is 7.85. The van der Waals surface area contributed by atoms with Gasteiger partial charge in [0.25, 0.3) is 0 Å². The van der Waals surface area contributed by atoms with Gasteiger partial charge in [0.2, 0.25) is 0 Å². The van der Waals surface area contributed by atoms with E-state index in [2.05, 4.69) is 0 Å². The van der Waals surface area contributed by atoms with E-state index in [1.54, 1.807) is 26.4 Å². The second-order valence-electron chi connectivity index (χ2n) is 5.79. The van der Waals surface area contributed by atoms with Gasteiger partial charge in [-0.2, -0.15) is 0 Å². The second-order valence-corrected chi connectivity index (χ2v) is 6.95. The highest BCUT2D eigenvalue weighted by Gasteiger charge is 2.21. The highest BCUT2D eigenvalue weighted by Crippen LogP contribution is 2.44. The van der Waals surface area contributed by atoms with Crippen molar-refractivity contribution in [3.63, 3.8) is 0 Å². The van der Waals surface area contributed by atoms with Crippen LogP contribution in [0.3, 0.4) is 0 Å². The van der Waals surface area contributed by atoms with Gasteiger partial charge < -0.3 is 18.7 Å². The summed E-state index contributed by atoms with van der Waals surface area (Å²) in [7, 11) is -0.131. The summed E-state index contributed by atoms with van der Waals surface area (Å²) in [4.78, 5) is 18.2. The first-order valence-corrected chi connectivity index (χ1v) is 9.38. The average molecular weight is 382 g/mol. The minimum absolute atomic E-state index is 0.0117. The summed E-state index contributed by atoms with van der Waals surface area (Å²) in [6.45, 7) is 3.90. The maximum Gasteiger partial charge on any atom is 0.524 e. The highest BCUT2D eigenvalue weighted by molar-refractivity contribution is 7.46. The zero-order valence-electron chi connectivity index (χ0n) is 15.3. The highest BCUT2D eigenvalue weighted by atomic mass is 31.2. The molecule has 0 radical (unpaired) electrons. The number of hydrogen-bond acceptors (Lipinski definition) is 5. The van der Waals surface area contributed by atoms with Gasteiger partial charge >= 0.3 is 7.82 Å². The van der Waals surface area contributed by atoms with Crippen molar-refractivity contribution in [2.75, 3.05) is 21.3 Å². The average Bonchev–Trinajstić information content (AvgIpc) is 2.58. The number of benzene rings is 2. The van der Waals surface area contributed by atoms with Crippen LogP contribution in [0.15, 0.2) is 30.3 Å². The number of aryl methyl sites for hydroxylation is 1. The van der Waals surface area contributed by atoms with Crippen molar-refractivity contribution < 1.29 is 33.1 Å². The molecule has 0 spiro atoms. The number of ether oxygens (including phenoxy) is 3. The molecule has 0 aliphatic heterocycles. The quantitative estimate of drug-likeness (QED) is 0.706. The molecule has 0 fully saturated rings. The molecule has 1 unspecified atom stereocenters. The van der Waals surface area contributed by atoms with E-state index in [0.29, 0.717) is 11.5 Å². The Bertz CT molecular complexity index is 829. The fraction of sp³-hybridized carbons (Fsp3) is 0.333. The van der Waals surface area contributed by atoms with Crippen LogP contribution in [0.25, 0.3) is 0 Å². The van der Waals surface area contributed by atoms with Crippen molar-refractivity contribution >= 4 is 7.82 Å². The van der Waals surface area contributed by atoms with E-state index < -0.39 is 7.82 Å². The van der Waals surface area contributed by atoms with Gasteiger partial charge in [0.15, 0.2) is 23.0 Å². The third-order valence-electron chi connectivity index (χ3n) is 4.09. The van der Waals surface area contributed by atoms with Gasteiger partial charge in [-0.3, -0.25) is 9.79 Å². The second kappa shape index (κ2) is 7.99. The molecule has 0 bridgehead atoms. The topological polar surface area (TPSA) is 94.5 Å². The van der Waals surface area contributed by atoms with E-state index in [1.807, 2.05) is 32.0 Å². The van der Waals surface area contributed by atoms with Gasteiger partial charge in [0, 0.05) is 5.92 Å². The van der Waals surface area contributed by atoms with Gasteiger partial charge in [-0.15, -0.1) is 0 Å². The SMILES string of the molecule is COc1ccc(C(C)c2cc(C)c(OC)c(OC)c2)cc1OP(=O)(O)O. The molecule has 2 rings (SSSR count). The monoisotopic (exact) mass is 382 g/mol. The Kier molecular flexibility index (Phi) is 6.18. The van der Waals surface area contributed by atoms with E-state index in [9.17, 15) is 4.57 Å². The molecule has 1 atom stereocenters. The van der Waals surface area contributed by atoms with Crippen LogP contribution in [0.2, 0.25) is 0 Å². The third kappa shape index (κ3) is 4.49. The first kappa shape index (κ1) is 20.1. The Morgan fingerprint density at radius 1 is 0.885 bits per heavy atom. The molecule has 26 heavy (non-hydrogen) atoms. The van der Waals surface area contributed by atoms with Crippen LogP contribution >= 0.6 is 7.82 Å². The van der Waals surface area contributed by atoms with Gasteiger partial charge in [-0.25, -0.2) is 4.57 Å². The minimum Gasteiger partial charge on any atom is -0.493 e. The molecule has 2 aromatic rings. The van der Waals surface area contributed by atoms with Crippen LogP contribution < -0.4 is 18.7 Å². The molecule has 0 aromatic heterocycles. The van der Waals surface area contributed by atoms with Crippen LogP contribution in [0.1, 0.15) is 29.5 Å². The Labute approximate surface area is 152 Å². The lowest BCUT2D eigenvalue weighted by molar-refractivity contribution is 0.276. The molecule has 8 heteroatoms. The van der Waals surface area contributed by atoms with Crippen LogP contribution in [0, 0.1) is 6.92 Å². The van der Waals surface area contributed by atoms with Crippen LogP contribution in [-0.2, 0) is 4.57 Å². The predicted molar refractivity (Wildman–Crippen MR) is 97.5 cm³/mol. The molecule has 142 valence electrons. The molecule has 2 N–H and O–H groups in total. The molecule has 0 aliphatic carbocycles. The Hall–Kier alpha value is -2.21. The number of methoxy groups -OCH3 is 3. The van der Waals surface area contributed by atoms with E-state index in [1.165, 1.54) is 7.11 Å². The zero-order chi connectivity index (χ0) is 19.5. The Balaban J connectivity index is 2.47. The fourth-order valence-corrected chi connectivity index (χ4v) is 3.19. The first-order chi connectivity index (χ1) is 12.2. The molecular weight excluding hydrogens is 359 g/mol. The number of hydrogen-bond donors (Lipinski definition) is 2. The van der Waals surface area contributed by atoms with Crippen LogP contribution in [-0.4, -0.2) is 31.1 Å². The molecule has 2 aromatic carbocycles. The third-order valence-corrected chi connectivity index (χ3v) is 4.53. The fourth-order valence-electron chi connectivity index (χ4n) is 2.79. The Morgan fingerprint density at radius 2 is 1.50 bits per heavy atom. The summed E-state index contributed by atoms with van der Waals surface area (Å²) in [6.07, 6.45) is 0. The maximum absolute atomic E-state index is 11.2. The van der Waals surface area contributed by atoms with E-state index >= 15 is 0 Å².